The number of nitrogens with zero attached hydrogens (tertiary/aromatic N) is 1. The lowest BCUT2D eigenvalue weighted by atomic mass is 10.0. The van der Waals surface area contributed by atoms with Gasteiger partial charge < -0.3 is 47.7 Å². The lowest BCUT2D eigenvalue weighted by Gasteiger charge is -2.25. The number of carbonyl (C=O) groups is 6. The van der Waals surface area contributed by atoms with E-state index in [1.165, 1.54) is 12.5 Å². The van der Waals surface area contributed by atoms with Crippen molar-refractivity contribution in [2.24, 2.45) is 11.5 Å². The number of aliphatic carboxylic acids is 3. The first-order valence-corrected chi connectivity index (χ1v) is 11.4. The molecule has 0 saturated carbocycles. The second-order valence-corrected chi connectivity index (χ2v) is 8.22. The van der Waals surface area contributed by atoms with E-state index in [2.05, 4.69) is 25.9 Å². The summed E-state index contributed by atoms with van der Waals surface area (Å²) in [5, 5.41) is 34.1. The lowest BCUT2D eigenvalue weighted by molar-refractivity contribution is -0.143. The first kappa shape index (κ1) is 31.0. The van der Waals surface area contributed by atoms with Gasteiger partial charge in [0.2, 0.25) is 17.7 Å². The summed E-state index contributed by atoms with van der Waals surface area (Å²) in [4.78, 5) is 78.1. The summed E-state index contributed by atoms with van der Waals surface area (Å²) in [6.07, 6.45) is 2.04. The van der Waals surface area contributed by atoms with E-state index in [1.54, 1.807) is 0 Å². The van der Waals surface area contributed by atoms with E-state index in [0.717, 1.165) is 0 Å². The van der Waals surface area contributed by atoms with Gasteiger partial charge in [0.15, 0.2) is 0 Å². The Morgan fingerprint density at radius 1 is 0.865 bits per heavy atom. The third-order valence-electron chi connectivity index (χ3n) is 5.18. The van der Waals surface area contributed by atoms with Crippen LogP contribution in [0, 0.1) is 0 Å². The summed E-state index contributed by atoms with van der Waals surface area (Å²) in [5.74, 6) is -6.60. The van der Waals surface area contributed by atoms with Crippen molar-refractivity contribution < 1.29 is 44.1 Å². The fourth-order valence-electron chi connectivity index (χ4n) is 3.22. The van der Waals surface area contributed by atoms with E-state index in [0.29, 0.717) is 25.1 Å². The molecule has 0 bridgehead atoms. The molecule has 4 atom stereocenters. The Labute approximate surface area is 211 Å². The minimum absolute atomic E-state index is 0.0727. The largest absolute Gasteiger partial charge is 0.481 e. The zero-order valence-corrected chi connectivity index (χ0v) is 20.0. The molecule has 11 N–H and O–H groups in total. The van der Waals surface area contributed by atoms with E-state index >= 15 is 0 Å². The van der Waals surface area contributed by atoms with Crippen LogP contribution in [-0.2, 0) is 35.2 Å². The first-order valence-electron chi connectivity index (χ1n) is 11.4. The van der Waals surface area contributed by atoms with Crippen LogP contribution >= 0.6 is 0 Å². The number of rotatable bonds is 18. The van der Waals surface area contributed by atoms with Crippen LogP contribution in [0.3, 0.4) is 0 Å². The standard InChI is InChI=1S/C21H33N7O9/c22-6-2-1-3-13(19(34)27-14(21(36)37)4-5-16(29)30)26-20(35)15(7-11-9-24-10-25-11)28-18(33)12(23)8-17(31)32/h9-10,12-15H,1-8,22-23H2,(H,24,25)(H,26,35)(H,27,34)(H,28,33)(H,29,30)(H,31,32)(H,36,37). The van der Waals surface area contributed by atoms with Gasteiger partial charge in [-0.15, -0.1) is 0 Å². The Morgan fingerprint density at radius 2 is 1.49 bits per heavy atom. The molecule has 0 spiro atoms. The van der Waals surface area contributed by atoms with Crippen LogP contribution in [0.2, 0.25) is 0 Å². The average molecular weight is 528 g/mol. The number of unbranched alkanes of at least 4 members (excludes halogenated alkanes) is 1. The third-order valence-corrected chi connectivity index (χ3v) is 5.18. The maximum absolute atomic E-state index is 13.1. The Hall–Kier alpha value is -4.05. The zero-order valence-electron chi connectivity index (χ0n) is 20.0. The Bertz CT molecular complexity index is 939. The van der Waals surface area contributed by atoms with E-state index in [9.17, 15) is 33.9 Å². The van der Waals surface area contributed by atoms with Crippen LogP contribution in [0.25, 0.3) is 0 Å². The molecule has 0 aromatic carbocycles. The zero-order chi connectivity index (χ0) is 28.0. The molecular formula is C21H33N7O9. The molecule has 1 aromatic rings. The fourth-order valence-corrected chi connectivity index (χ4v) is 3.22. The van der Waals surface area contributed by atoms with E-state index < -0.39 is 72.6 Å². The van der Waals surface area contributed by atoms with Crippen LogP contribution in [-0.4, -0.2) is 91.6 Å². The third kappa shape index (κ3) is 12.0. The minimum atomic E-state index is -1.51. The molecule has 0 aliphatic rings. The number of hydrogen-bond donors (Lipinski definition) is 9. The number of nitrogens with two attached hydrogens (primary N) is 2. The predicted molar refractivity (Wildman–Crippen MR) is 126 cm³/mol. The molecule has 1 heterocycles. The van der Waals surface area contributed by atoms with Gasteiger partial charge in [0.25, 0.3) is 0 Å². The number of H-pyrrole nitrogens is 1. The maximum Gasteiger partial charge on any atom is 0.326 e. The number of carboxylic acids is 3. The molecule has 16 nitrogen and oxygen atoms in total. The highest BCUT2D eigenvalue weighted by molar-refractivity contribution is 5.94. The molecule has 0 radical (unpaired) electrons. The number of hydrogen-bond acceptors (Lipinski definition) is 9. The van der Waals surface area contributed by atoms with Gasteiger partial charge in [0.1, 0.15) is 18.1 Å². The van der Waals surface area contributed by atoms with E-state index in [1.807, 2.05) is 0 Å². The Morgan fingerprint density at radius 3 is 2.03 bits per heavy atom. The summed E-state index contributed by atoms with van der Waals surface area (Å²) in [5.41, 5.74) is 11.5. The lowest BCUT2D eigenvalue weighted by Crippen LogP contribution is -2.57. The van der Waals surface area contributed by atoms with Crippen molar-refractivity contribution in [2.45, 2.75) is 69.1 Å². The molecule has 4 unspecified atom stereocenters. The number of imidazole rings is 1. The van der Waals surface area contributed by atoms with Crippen molar-refractivity contribution in [1.82, 2.24) is 25.9 Å². The van der Waals surface area contributed by atoms with Crippen LogP contribution < -0.4 is 27.4 Å². The molecule has 16 heteroatoms. The van der Waals surface area contributed by atoms with Gasteiger partial charge in [0, 0.05) is 24.7 Å². The molecule has 1 aromatic heterocycles. The number of nitrogens with one attached hydrogen (secondary N) is 4. The normalized spacial score (nSPS) is 14.0. The van der Waals surface area contributed by atoms with Gasteiger partial charge in [-0.1, -0.05) is 0 Å². The molecule has 0 saturated heterocycles. The van der Waals surface area contributed by atoms with Gasteiger partial charge in [0.05, 0.1) is 18.8 Å². The summed E-state index contributed by atoms with van der Waals surface area (Å²) < 4.78 is 0. The van der Waals surface area contributed by atoms with Gasteiger partial charge >= 0.3 is 17.9 Å². The molecule has 0 aliphatic heterocycles. The molecule has 0 fully saturated rings. The molecule has 0 aliphatic carbocycles. The van der Waals surface area contributed by atoms with Crippen molar-refractivity contribution in [3.05, 3.63) is 18.2 Å². The average Bonchev–Trinajstić information content (AvgIpc) is 3.32. The van der Waals surface area contributed by atoms with Crippen LogP contribution in [0.15, 0.2) is 12.5 Å². The highest BCUT2D eigenvalue weighted by Gasteiger charge is 2.31. The van der Waals surface area contributed by atoms with Crippen molar-refractivity contribution >= 4 is 35.6 Å². The predicted octanol–water partition coefficient (Wildman–Crippen LogP) is -2.71. The highest BCUT2D eigenvalue weighted by Crippen LogP contribution is 2.07. The van der Waals surface area contributed by atoms with Crippen LogP contribution in [0.1, 0.15) is 44.2 Å². The Balaban J connectivity index is 3.05. The van der Waals surface area contributed by atoms with Crippen molar-refractivity contribution in [2.75, 3.05) is 6.54 Å². The first-order chi connectivity index (χ1) is 17.4. The maximum atomic E-state index is 13.1. The van der Waals surface area contributed by atoms with Crippen LogP contribution in [0.5, 0.6) is 0 Å². The quantitative estimate of drug-likeness (QED) is 0.0881. The van der Waals surface area contributed by atoms with E-state index in [4.69, 9.17) is 21.7 Å². The highest BCUT2D eigenvalue weighted by atomic mass is 16.4. The van der Waals surface area contributed by atoms with Gasteiger partial charge in [-0.25, -0.2) is 9.78 Å². The summed E-state index contributed by atoms with van der Waals surface area (Å²) in [6.45, 7) is 0.304. The van der Waals surface area contributed by atoms with Crippen LogP contribution in [0.4, 0.5) is 0 Å². The smallest absolute Gasteiger partial charge is 0.326 e. The Kier molecular flexibility index (Phi) is 13.3. The molecule has 1 rings (SSSR count). The van der Waals surface area contributed by atoms with Crippen molar-refractivity contribution in [3.8, 4) is 0 Å². The van der Waals surface area contributed by atoms with Gasteiger partial charge in [-0.05, 0) is 32.2 Å². The molecule has 3 amide bonds. The summed E-state index contributed by atoms with van der Waals surface area (Å²) in [6, 6.07) is -5.48. The second-order valence-electron chi connectivity index (χ2n) is 8.22. The number of amides is 3. The number of aromatic nitrogens is 2. The van der Waals surface area contributed by atoms with Gasteiger partial charge in [-0.3, -0.25) is 24.0 Å². The summed E-state index contributed by atoms with van der Waals surface area (Å²) >= 11 is 0. The fraction of sp³-hybridized carbons (Fsp3) is 0.571. The van der Waals surface area contributed by atoms with Crippen molar-refractivity contribution in [3.63, 3.8) is 0 Å². The van der Waals surface area contributed by atoms with E-state index in [-0.39, 0.29) is 19.3 Å². The SMILES string of the molecule is NCCCCC(NC(=O)C(Cc1cnc[nH]1)NC(=O)C(N)CC(=O)O)C(=O)NC(CCC(=O)O)C(=O)O. The van der Waals surface area contributed by atoms with Gasteiger partial charge in [-0.2, -0.15) is 0 Å². The summed E-state index contributed by atoms with van der Waals surface area (Å²) in [7, 11) is 0. The number of aromatic amines is 1. The monoisotopic (exact) mass is 527 g/mol. The van der Waals surface area contributed by atoms with Crippen molar-refractivity contribution in [1.29, 1.82) is 0 Å². The molecule has 37 heavy (non-hydrogen) atoms. The topological polar surface area (TPSA) is 280 Å². The molecule has 206 valence electrons. The number of carboxylic acid groups (broad SMARTS) is 3. The minimum Gasteiger partial charge on any atom is -0.481 e. The molecular weight excluding hydrogens is 494 g/mol. The second kappa shape index (κ2) is 15.8. The number of carbonyl (C=O) groups excluding carboxylic acids is 3.